The van der Waals surface area contributed by atoms with E-state index in [1.165, 1.54) is 11.8 Å². The lowest BCUT2D eigenvalue weighted by Crippen LogP contribution is -2.15. The number of benzene rings is 1. The maximum absolute atomic E-state index is 12.4. The van der Waals surface area contributed by atoms with Gasteiger partial charge in [-0.3, -0.25) is 4.79 Å². The summed E-state index contributed by atoms with van der Waals surface area (Å²) in [5, 5.41) is 12.9. The van der Waals surface area contributed by atoms with E-state index in [1.807, 2.05) is 33.8 Å². The van der Waals surface area contributed by atoms with E-state index >= 15 is 0 Å². The monoisotopic (exact) mass is 385 g/mol. The number of hydrogen-bond acceptors (Lipinski definition) is 6. The van der Waals surface area contributed by atoms with Crippen molar-refractivity contribution in [2.24, 2.45) is 0 Å². The van der Waals surface area contributed by atoms with Gasteiger partial charge in [0.2, 0.25) is 5.91 Å². The molecule has 0 spiro atoms. The maximum Gasteiger partial charge on any atom is 0.234 e. The zero-order chi connectivity index (χ0) is 20.1. The molecule has 0 aliphatic heterocycles. The summed E-state index contributed by atoms with van der Waals surface area (Å²) in [6.07, 6.45) is 0. The second-order valence-corrected chi connectivity index (χ2v) is 7.06. The molecular formula is C20H23N3O3S. The third-order valence-electron chi connectivity index (χ3n) is 4.42. The van der Waals surface area contributed by atoms with E-state index in [0.717, 1.165) is 22.4 Å². The number of pyridine rings is 1. The molecular weight excluding hydrogens is 362 g/mol. The summed E-state index contributed by atoms with van der Waals surface area (Å²) in [6, 6.07) is 5.74. The minimum Gasteiger partial charge on any atom is -0.493 e. The van der Waals surface area contributed by atoms with Gasteiger partial charge in [-0.2, -0.15) is 5.26 Å². The highest BCUT2D eigenvalue weighted by Gasteiger charge is 2.15. The Morgan fingerprint density at radius 2 is 1.78 bits per heavy atom. The summed E-state index contributed by atoms with van der Waals surface area (Å²) in [4.78, 5) is 16.9. The molecule has 0 aliphatic rings. The van der Waals surface area contributed by atoms with Crippen molar-refractivity contribution in [2.45, 2.75) is 32.7 Å². The molecule has 0 radical (unpaired) electrons. The van der Waals surface area contributed by atoms with E-state index in [0.29, 0.717) is 27.8 Å². The average molecular weight is 385 g/mol. The standard InChI is InChI=1S/C20H23N3O3S/c1-11-7-17(25-5)18(26-6)8-16(11)23-19(24)10-27-20-15(9-21)13(3)12(2)14(4)22-20/h7-8H,10H2,1-6H3,(H,23,24). The highest BCUT2D eigenvalue weighted by molar-refractivity contribution is 8.00. The fourth-order valence-corrected chi connectivity index (χ4v) is 3.47. The molecule has 1 N–H and O–H groups in total. The Kier molecular flexibility index (Phi) is 6.70. The first kappa shape index (κ1) is 20.6. The Hall–Kier alpha value is -2.72. The lowest BCUT2D eigenvalue weighted by atomic mass is 10.1. The van der Waals surface area contributed by atoms with Crippen LogP contribution < -0.4 is 14.8 Å². The predicted octanol–water partition coefficient (Wildman–Crippen LogP) is 3.93. The number of ether oxygens (including phenoxy) is 2. The van der Waals surface area contributed by atoms with Crippen LogP contribution in [0.1, 0.15) is 27.9 Å². The summed E-state index contributed by atoms with van der Waals surface area (Å²) in [5.41, 5.74) is 4.82. The first-order valence-electron chi connectivity index (χ1n) is 8.35. The van der Waals surface area contributed by atoms with Gasteiger partial charge in [0.05, 0.1) is 25.5 Å². The molecule has 2 aromatic rings. The number of carbonyl (C=O) groups excluding carboxylic acids is 1. The molecule has 7 heteroatoms. The van der Waals surface area contributed by atoms with E-state index in [9.17, 15) is 10.1 Å². The quantitative estimate of drug-likeness (QED) is 0.759. The topological polar surface area (TPSA) is 84.2 Å². The number of aromatic nitrogens is 1. The van der Waals surface area contributed by atoms with Crippen LogP contribution in [-0.2, 0) is 4.79 Å². The Labute approximate surface area is 163 Å². The molecule has 0 fully saturated rings. The Morgan fingerprint density at radius 1 is 1.15 bits per heavy atom. The van der Waals surface area contributed by atoms with Crippen LogP contribution in [0.4, 0.5) is 5.69 Å². The maximum atomic E-state index is 12.4. The van der Waals surface area contributed by atoms with Crippen LogP contribution in [0.5, 0.6) is 11.5 Å². The SMILES string of the molecule is COc1cc(C)c(NC(=O)CSc2nc(C)c(C)c(C)c2C#N)cc1OC. The molecule has 6 nitrogen and oxygen atoms in total. The number of thioether (sulfide) groups is 1. The van der Waals surface area contributed by atoms with Gasteiger partial charge < -0.3 is 14.8 Å². The van der Waals surface area contributed by atoms with Crippen LogP contribution in [-0.4, -0.2) is 30.9 Å². The van der Waals surface area contributed by atoms with Gasteiger partial charge in [-0.1, -0.05) is 11.8 Å². The smallest absolute Gasteiger partial charge is 0.234 e. The first-order valence-corrected chi connectivity index (χ1v) is 9.34. The van der Waals surface area contributed by atoms with E-state index < -0.39 is 0 Å². The van der Waals surface area contributed by atoms with Crippen molar-refractivity contribution in [3.8, 4) is 17.6 Å². The van der Waals surface area contributed by atoms with Crippen molar-refractivity contribution in [1.29, 1.82) is 5.26 Å². The highest BCUT2D eigenvalue weighted by Crippen LogP contribution is 2.33. The molecule has 1 aromatic heterocycles. The first-order chi connectivity index (χ1) is 12.8. The van der Waals surface area contributed by atoms with Crippen LogP contribution in [0.15, 0.2) is 17.2 Å². The van der Waals surface area contributed by atoms with Crippen molar-refractivity contribution in [3.05, 3.63) is 40.1 Å². The summed E-state index contributed by atoms with van der Waals surface area (Å²) in [7, 11) is 3.11. The van der Waals surface area contributed by atoms with Gasteiger partial charge in [-0.15, -0.1) is 0 Å². The number of aryl methyl sites for hydroxylation is 2. The average Bonchev–Trinajstić information content (AvgIpc) is 2.65. The Balaban J connectivity index is 2.15. The second-order valence-electron chi connectivity index (χ2n) is 6.10. The molecule has 0 bridgehead atoms. The lowest BCUT2D eigenvalue weighted by Gasteiger charge is -2.14. The number of methoxy groups -OCH3 is 2. The molecule has 1 aromatic carbocycles. The zero-order valence-corrected chi connectivity index (χ0v) is 17.2. The van der Waals surface area contributed by atoms with Gasteiger partial charge >= 0.3 is 0 Å². The number of carbonyl (C=O) groups is 1. The molecule has 0 saturated carbocycles. The second kappa shape index (κ2) is 8.78. The summed E-state index contributed by atoms with van der Waals surface area (Å²) >= 11 is 1.26. The molecule has 2 rings (SSSR count). The summed E-state index contributed by atoms with van der Waals surface area (Å²) in [6.45, 7) is 7.63. The molecule has 0 atom stereocenters. The molecule has 1 amide bonds. The van der Waals surface area contributed by atoms with Gasteiger partial charge in [0, 0.05) is 17.4 Å². The molecule has 27 heavy (non-hydrogen) atoms. The molecule has 142 valence electrons. The number of nitrogens with one attached hydrogen (secondary N) is 1. The van der Waals surface area contributed by atoms with Crippen molar-refractivity contribution in [1.82, 2.24) is 4.98 Å². The van der Waals surface area contributed by atoms with E-state index in [1.54, 1.807) is 20.3 Å². The van der Waals surface area contributed by atoms with Crippen LogP contribution in [0.2, 0.25) is 0 Å². The molecule has 1 heterocycles. The van der Waals surface area contributed by atoms with E-state index in [4.69, 9.17) is 9.47 Å². The fourth-order valence-electron chi connectivity index (χ4n) is 2.58. The predicted molar refractivity (Wildman–Crippen MR) is 107 cm³/mol. The number of anilines is 1. The van der Waals surface area contributed by atoms with E-state index in [2.05, 4.69) is 16.4 Å². The summed E-state index contributed by atoms with van der Waals surface area (Å²) in [5.74, 6) is 1.12. The molecule has 0 unspecified atom stereocenters. The van der Waals surface area contributed by atoms with Crippen molar-refractivity contribution in [3.63, 3.8) is 0 Å². The van der Waals surface area contributed by atoms with Gasteiger partial charge in [-0.05, 0) is 50.5 Å². The van der Waals surface area contributed by atoms with Crippen LogP contribution in [0, 0.1) is 39.0 Å². The number of nitriles is 1. The van der Waals surface area contributed by atoms with E-state index in [-0.39, 0.29) is 11.7 Å². The van der Waals surface area contributed by atoms with Crippen molar-refractivity contribution >= 4 is 23.4 Å². The summed E-state index contributed by atoms with van der Waals surface area (Å²) < 4.78 is 10.5. The molecule has 0 saturated heterocycles. The van der Waals surface area contributed by atoms with Gasteiger partial charge in [0.1, 0.15) is 11.1 Å². The van der Waals surface area contributed by atoms with Crippen LogP contribution >= 0.6 is 11.8 Å². The van der Waals surface area contributed by atoms with Gasteiger partial charge in [-0.25, -0.2) is 4.98 Å². The minimum atomic E-state index is -0.183. The lowest BCUT2D eigenvalue weighted by molar-refractivity contribution is -0.113. The number of hydrogen-bond donors (Lipinski definition) is 1. The largest absolute Gasteiger partial charge is 0.493 e. The van der Waals surface area contributed by atoms with Crippen LogP contribution in [0.25, 0.3) is 0 Å². The zero-order valence-electron chi connectivity index (χ0n) is 16.4. The van der Waals surface area contributed by atoms with Crippen molar-refractivity contribution < 1.29 is 14.3 Å². The highest BCUT2D eigenvalue weighted by atomic mass is 32.2. The van der Waals surface area contributed by atoms with Gasteiger partial charge in [0.15, 0.2) is 11.5 Å². The third kappa shape index (κ3) is 4.52. The number of amides is 1. The Morgan fingerprint density at radius 3 is 2.37 bits per heavy atom. The molecule has 0 aliphatic carbocycles. The Bertz CT molecular complexity index is 920. The minimum absolute atomic E-state index is 0.150. The van der Waals surface area contributed by atoms with Crippen molar-refractivity contribution in [2.75, 3.05) is 25.3 Å². The normalized spacial score (nSPS) is 10.3. The fraction of sp³-hybridized carbons (Fsp3) is 0.350. The third-order valence-corrected chi connectivity index (χ3v) is 5.40. The van der Waals surface area contributed by atoms with Crippen LogP contribution in [0.3, 0.4) is 0 Å². The number of rotatable bonds is 6. The van der Waals surface area contributed by atoms with Gasteiger partial charge in [0.25, 0.3) is 0 Å². The number of nitrogens with zero attached hydrogens (tertiary/aromatic N) is 2.